The Bertz CT molecular complexity index is 662. The average Bonchev–Trinajstić information content (AvgIpc) is 2.67. The van der Waals surface area contributed by atoms with Gasteiger partial charge >= 0.3 is 16.5 Å². The van der Waals surface area contributed by atoms with Crippen LogP contribution >= 0.6 is 0 Å². The Morgan fingerprint density at radius 2 is 2.17 bits per heavy atom. The SMILES string of the molecule is NC(=O)c1n[n]([Al])c2c1CCc1ccc(N)cc1-2. The number of carbonyl (C=O) groups excluding carboxylic acids is 1. The number of aryl methyl sites for hydroxylation is 1. The molecule has 1 heterocycles. The van der Waals surface area contributed by atoms with Gasteiger partial charge in [0.15, 0.2) is 5.69 Å². The molecule has 0 spiro atoms. The molecule has 18 heavy (non-hydrogen) atoms. The number of hydrogen-bond acceptors (Lipinski definition) is 3. The van der Waals surface area contributed by atoms with Gasteiger partial charge in [0.1, 0.15) is 0 Å². The molecule has 6 heteroatoms. The van der Waals surface area contributed by atoms with Crippen LogP contribution in [0.25, 0.3) is 11.3 Å². The van der Waals surface area contributed by atoms with E-state index in [4.69, 9.17) is 11.5 Å². The molecule has 88 valence electrons. The summed E-state index contributed by atoms with van der Waals surface area (Å²) in [6.45, 7) is 0. The minimum absolute atomic E-state index is 0.355. The minimum atomic E-state index is -0.486. The Morgan fingerprint density at radius 1 is 1.39 bits per heavy atom. The summed E-state index contributed by atoms with van der Waals surface area (Å²) < 4.78 is 1.63. The van der Waals surface area contributed by atoms with Gasteiger partial charge in [0, 0.05) is 22.5 Å². The van der Waals surface area contributed by atoms with Crippen LogP contribution in [0.4, 0.5) is 5.69 Å². The number of benzene rings is 1. The fourth-order valence-corrected chi connectivity index (χ4v) is 2.89. The molecule has 5 nitrogen and oxygen atoms in total. The highest BCUT2D eigenvalue weighted by atomic mass is 27.1. The van der Waals surface area contributed by atoms with E-state index in [1.807, 2.05) is 18.2 Å². The Hall–Kier alpha value is -1.77. The highest BCUT2D eigenvalue weighted by Gasteiger charge is 2.25. The standard InChI is InChI=1S/C12H12N4O.Al/c13-7-3-1-6-2-4-8-10(9(6)5-7)15-16-11(8)12(14)17;/h1,3,5H,2,4,13H2,(H3,14,15,16,17);/q;+1/p-1. The van der Waals surface area contributed by atoms with Gasteiger partial charge in [-0.15, -0.1) is 0 Å². The van der Waals surface area contributed by atoms with Gasteiger partial charge in [-0.25, -0.2) is 0 Å². The van der Waals surface area contributed by atoms with E-state index in [1.54, 1.807) is 3.67 Å². The molecule has 3 rings (SSSR count). The zero-order chi connectivity index (χ0) is 12.9. The van der Waals surface area contributed by atoms with E-state index in [0.29, 0.717) is 11.4 Å². The molecule has 0 unspecified atom stereocenters. The van der Waals surface area contributed by atoms with Crippen molar-refractivity contribution in [3.05, 3.63) is 35.0 Å². The number of fused-ring (bicyclic) bond motifs is 3. The quantitative estimate of drug-likeness (QED) is 0.565. The lowest BCUT2D eigenvalue weighted by Gasteiger charge is -2.18. The molecule has 2 aromatic rings. The van der Waals surface area contributed by atoms with Crippen LogP contribution < -0.4 is 11.5 Å². The zero-order valence-electron chi connectivity index (χ0n) is 9.68. The molecule has 1 aromatic carbocycles. The third-order valence-corrected chi connectivity index (χ3v) is 3.65. The van der Waals surface area contributed by atoms with Gasteiger partial charge in [-0.05, 0) is 30.5 Å². The summed E-state index contributed by atoms with van der Waals surface area (Å²) in [5.41, 5.74) is 16.3. The topological polar surface area (TPSA) is 86.9 Å². The number of nitrogens with two attached hydrogens (primary N) is 2. The fourth-order valence-electron chi connectivity index (χ4n) is 2.48. The molecule has 0 fully saturated rings. The number of primary amides is 1. The first-order valence-electron chi connectivity index (χ1n) is 5.63. The van der Waals surface area contributed by atoms with Crippen molar-refractivity contribution in [2.24, 2.45) is 5.73 Å². The van der Waals surface area contributed by atoms with Gasteiger partial charge in [0.05, 0.1) is 0 Å². The van der Waals surface area contributed by atoms with Crippen molar-refractivity contribution in [2.75, 3.05) is 5.73 Å². The van der Waals surface area contributed by atoms with E-state index < -0.39 is 5.91 Å². The highest BCUT2D eigenvalue weighted by molar-refractivity contribution is 6.09. The number of aromatic nitrogens is 2. The van der Waals surface area contributed by atoms with Crippen molar-refractivity contribution in [3.8, 4) is 11.3 Å². The second-order valence-electron chi connectivity index (χ2n) is 4.40. The third kappa shape index (κ3) is 1.54. The highest BCUT2D eigenvalue weighted by Crippen LogP contribution is 2.35. The predicted molar refractivity (Wildman–Crippen MR) is 69.2 cm³/mol. The van der Waals surface area contributed by atoms with E-state index in [-0.39, 0.29) is 0 Å². The normalized spacial score (nSPS) is 12.9. The summed E-state index contributed by atoms with van der Waals surface area (Å²) in [7, 11) is 0. The first-order chi connectivity index (χ1) is 8.58. The van der Waals surface area contributed by atoms with Crippen molar-refractivity contribution in [1.82, 2.24) is 8.76 Å². The molecule has 1 aliphatic rings. The Balaban J connectivity index is 2.30. The molecule has 1 aromatic heterocycles. The molecule has 0 saturated heterocycles. The summed E-state index contributed by atoms with van der Waals surface area (Å²) in [6, 6.07) is 5.83. The van der Waals surface area contributed by atoms with Gasteiger partial charge in [-0.2, -0.15) is 5.10 Å². The van der Waals surface area contributed by atoms with Crippen molar-refractivity contribution >= 4 is 28.1 Å². The number of amides is 1. The van der Waals surface area contributed by atoms with E-state index in [9.17, 15) is 4.79 Å². The first-order valence-corrected chi connectivity index (χ1v) is 6.15. The van der Waals surface area contributed by atoms with Crippen molar-refractivity contribution < 1.29 is 4.79 Å². The van der Waals surface area contributed by atoms with Crippen LogP contribution in [0.3, 0.4) is 0 Å². The number of nitrogen functional groups attached to an aromatic ring is 1. The van der Waals surface area contributed by atoms with E-state index in [2.05, 4.69) is 21.6 Å². The van der Waals surface area contributed by atoms with Gasteiger partial charge < -0.3 is 15.1 Å². The lowest BCUT2D eigenvalue weighted by molar-refractivity contribution is 0.0994. The van der Waals surface area contributed by atoms with Gasteiger partial charge in [0.2, 0.25) is 0 Å². The van der Waals surface area contributed by atoms with E-state index in [0.717, 1.165) is 29.7 Å². The molecule has 0 aliphatic heterocycles. The van der Waals surface area contributed by atoms with E-state index >= 15 is 0 Å². The smallest absolute Gasteiger partial charge is 0.354 e. The van der Waals surface area contributed by atoms with Crippen LogP contribution in [-0.2, 0) is 12.8 Å². The van der Waals surface area contributed by atoms with Crippen molar-refractivity contribution in [3.63, 3.8) is 0 Å². The molecule has 0 bridgehead atoms. The molecule has 2 radical (unpaired) electrons. The van der Waals surface area contributed by atoms with Gasteiger partial charge in [-0.3, -0.25) is 4.79 Å². The van der Waals surface area contributed by atoms with Crippen LogP contribution in [0.1, 0.15) is 21.6 Å². The van der Waals surface area contributed by atoms with Crippen LogP contribution in [-0.4, -0.2) is 31.2 Å². The maximum atomic E-state index is 11.4. The summed E-state index contributed by atoms with van der Waals surface area (Å²) in [5, 5.41) is 4.18. The van der Waals surface area contributed by atoms with Gasteiger partial charge in [0.25, 0.3) is 5.91 Å². The number of carbonyl (C=O) groups is 1. The monoisotopic (exact) mass is 254 g/mol. The number of rotatable bonds is 1. The molecule has 4 N–H and O–H groups in total. The number of nitrogens with zero attached hydrogens (tertiary/aromatic N) is 2. The van der Waals surface area contributed by atoms with Crippen molar-refractivity contribution in [1.29, 1.82) is 0 Å². The average molecular weight is 254 g/mol. The summed E-state index contributed by atoms with van der Waals surface area (Å²) >= 11 is 2.49. The van der Waals surface area contributed by atoms with Crippen LogP contribution in [0, 0.1) is 0 Å². The maximum absolute atomic E-state index is 11.4. The number of anilines is 1. The summed E-state index contributed by atoms with van der Waals surface area (Å²) in [5.74, 6) is -0.486. The molecular formula is C12H11AlN4O. The Morgan fingerprint density at radius 3 is 2.89 bits per heavy atom. The molecule has 1 amide bonds. The maximum Gasteiger partial charge on any atom is 0.354 e. The summed E-state index contributed by atoms with van der Waals surface area (Å²) in [6.07, 6.45) is 1.65. The minimum Gasteiger partial charge on any atom is -0.399 e. The molecule has 0 atom stereocenters. The zero-order valence-corrected chi connectivity index (χ0v) is 10.8. The third-order valence-electron chi connectivity index (χ3n) is 3.28. The fraction of sp³-hybridized carbons (Fsp3) is 0.167. The largest absolute Gasteiger partial charge is 0.399 e. The van der Waals surface area contributed by atoms with E-state index in [1.165, 1.54) is 5.56 Å². The van der Waals surface area contributed by atoms with Crippen molar-refractivity contribution in [2.45, 2.75) is 12.8 Å². The molecule has 1 aliphatic carbocycles. The van der Waals surface area contributed by atoms with Crippen LogP contribution in [0.5, 0.6) is 0 Å². The Labute approximate surface area is 112 Å². The van der Waals surface area contributed by atoms with Crippen LogP contribution in [0.2, 0.25) is 0 Å². The number of hydrogen-bond donors (Lipinski definition) is 2. The molecule has 0 saturated carbocycles. The van der Waals surface area contributed by atoms with Crippen LogP contribution in [0.15, 0.2) is 18.2 Å². The summed E-state index contributed by atoms with van der Waals surface area (Å²) in [4.78, 5) is 11.4. The second kappa shape index (κ2) is 3.87. The first kappa shape index (κ1) is 11.3. The lowest BCUT2D eigenvalue weighted by Crippen LogP contribution is -2.15. The lowest BCUT2D eigenvalue weighted by atomic mass is 9.88. The predicted octanol–water partition coefficient (Wildman–Crippen LogP) is 0.261. The Kier molecular flexibility index (Phi) is 2.44. The second-order valence-corrected chi connectivity index (χ2v) is 4.89. The van der Waals surface area contributed by atoms with Gasteiger partial charge in [-0.1, -0.05) is 6.07 Å². The molecular weight excluding hydrogens is 243 g/mol.